The number of aliphatic hydroxyl groups excluding tert-OH is 3. The van der Waals surface area contributed by atoms with Crippen LogP contribution in [0.1, 0.15) is 12.8 Å². The van der Waals surface area contributed by atoms with Crippen LogP contribution >= 0.6 is 0 Å². The van der Waals surface area contributed by atoms with Crippen LogP contribution in [-0.4, -0.2) is 80.2 Å². The van der Waals surface area contributed by atoms with Gasteiger partial charge in [0.2, 0.25) is 0 Å². The summed E-state index contributed by atoms with van der Waals surface area (Å²) in [6.45, 7) is 0. The Hall–Kier alpha value is -2.08. The average Bonchev–Trinajstić information content (AvgIpc) is 2.47. The van der Waals surface area contributed by atoms with E-state index < -0.39 is 54.8 Å². The van der Waals surface area contributed by atoms with Crippen molar-refractivity contribution in [1.82, 2.24) is 0 Å². The molecular weight excluding hydrogens is 306 g/mol. The lowest BCUT2D eigenvalue weighted by molar-refractivity contribution is -0.173. The average molecular weight is 323 g/mol. The quantitative estimate of drug-likeness (QED) is 0.171. The monoisotopic (exact) mass is 323 g/mol. The summed E-state index contributed by atoms with van der Waals surface area (Å²) in [7, 11) is 0. The van der Waals surface area contributed by atoms with Gasteiger partial charge < -0.3 is 36.0 Å². The van der Waals surface area contributed by atoms with E-state index in [2.05, 4.69) is 4.74 Å². The van der Waals surface area contributed by atoms with Crippen LogP contribution in [0.4, 0.5) is 0 Å². The van der Waals surface area contributed by atoms with Gasteiger partial charge in [0.05, 0.1) is 0 Å². The molecule has 11 heteroatoms. The molecule has 0 aliphatic rings. The number of aliphatic hydroxyl groups is 3. The summed E-state index contributed by atoms with van der Waals surface area (Å²) >= 11 is 0. The van der Waals surface area contributed by atoms with Crippen LogP contribution in [0.5, 0.6) is 0 Å². The highest BCUT2D eigenvalue weighted by atomic mass is 16.6. The van der Waals surface area contributed by atoms with Gasteiger partial charge in [0.25, 0.3) is 0 Å². The summed E-state index contributed by atoms with van der Waals surface area (Å²) < 4.78 is 4.47. The second-order valence-corrected chi connectivity index (χ2v) is 4.34. The van der Waals surface area contributed by atoms with E-state index in [1.807, 2.05) is 0 Å². The largest absolute Gasteiger partial charge is 0.480 e. The van der Waals surface area contributed by atoms with E-state index in [9.17, 15) is 29.4 Å². The van der Waals surface area contributed by atoms with E-state index >= 15 is 0 Å². The van der Waals surface area contributed by atoms with Gasteiger partial charge >= 0.3 is 17.9 Å². The first-order chi connectivity index (χ1) is 10.1. The van der Waals surface area contributed by atoms with Crippen molar-refractivity contribution in [2.45, 2.75) is 43.3 Å². The molecule has 5 atom stereocenters. The number of aliphatic carboxylic acids is 2. The van der Waals surface area contributed by atoms with E-state index in [-0.39, 0.29) is 12.7 Å². The Kier molecular flexibility index (Phi) is 8.19. The van der Waals surface area contributed by atoms with Gasteiger partial charge in [-0.15, -0.1) is 0 Å². The Labute approximate surface area is 123 Å². The lowest BCUT2D eigenvalue weighted by atomic mass is 10.0. The highest BCUT2D eigenvalue weighted by Gasteiger charge is 2.36. The van der Waals surface area contributed by atoms with E-state index in [4.69, 9.17) is 21.1 Å². The molecule has 0 aromatic carbocycles. The fourth-order valence-corrected chi connectivity index (χ4v) is 1.31. The van der Waals surface area contributed by atoms with E-state index in [1.165, 1.54) is 0 Å². The fourth-order valence-electron chi connectivity index (χ4n) is 1.31. The van der Waals surface area contributed by atoms with Crippen LogP contribution in [0.15, 0.2) is 0 Å². The van der Waals surface area contributed by atoms with E-state index in [0.29, 0.717) is 0 Å². The second kappa shape index (κ2) is 9.04. The zero-order valence-electron chi connectivity index (χ0n) is 11.2. The minimum atomic E-state index is -2.39. The molecule has 22 heavy (non-hydrogen) atoms. The fraction of sp³-hybridized carbons (Fsp3) is 0.636. The smallest absolute Gasteiger partial charge is 0.335 e. The molecule has 0 aliphatic carbocycles. The lowest BCUT2D eigenvalue weighted by Crippen LogP contribution is -2.49. The summed E-state index contributed by atoms with van der Waals surface area (Å²) in [6.07, 6.45) is -9.63. The van der Waals surface area contributed by atoms with Crippen LogP contribution in [-0.2, 0) is 23.9 Å². The molecule has 0 amide bonds. The summed E-state index contributed by atoms with van der Waals surface area (Å²) in [5.74, 6) is -4.29. The van der Waals surface area contributed by atoms with Gasteiger partial charge in [0, 0.05) is 6.42 Å². The molecule has 0 aromatic heterocycles. The zero-order chi connectivity index (χ0) is 17.4. The van der Waals surface area contributed by atoms with E-state index in [0.717, 1.165) is 0 Å². The van der Waals surface area contributed by atoms with Crippen molar-refractivity contribution in [3.05, 3.63) is 0 Å². The van der Waals surface area contributed by atoms with E-state index in [1.54, 1.807) is 0 Å². The van der Waals surface area contributed by atoms with Gasteiger partial charge in [-0.3, -0.25) is 14.4 Å². The summed E-state index contributed by atoms with van der Waals surface area (Å²) in [5, 5.41) is 44.8. The molecule has 0 saturated carbocycles. The molecule has 0 heterocycles. The van der Waals surface area contributed by atoms with Crippen molar-refractivity contribution in [2.75, 3.05) is 0 Å². The molecule has 11 nitrogen and oxygen atoms in total. The van der Waals surface area contributed by atoms with Gasteiger partial charge in [0.1, 0.15) is 18.2 Å². The molecule has 0 unspecified atom stereocenters. The molecule has 0 saturated heterocycles. The lowest BCUT2D eigenvalue weighted by Gasteiger charge is -2.24. The summed E-state index contributed by atoms with van der Waals surface area (Å²) in [4.78, 5) is 43.0. The number of carboxylic acids is 2. The van der Waals surface area contributed by atoms with Gasteiger partial charge in [-0.05, 0) is 6.42 Å². The molecule has 0 radical (unpaired) electrons. The molecule has 7 N–H and O–H groups in total. The Morgan fingerprint density at radius 2 is 1.59 bits per heavy atom. The van der Waals surface area contributed by atoms with Crippen LogP contribution in [0, 0.1) is 0 Å². The Bertz CT molecular complexity index is 425. The highest BCUT2D eigenvalue weighted by Crippen LogP contribution is 2.09. The third-order valence-electron chi connectivity index (χ3n) is 2.64. The Morgan fingerprint density at radius 3 is 2.00 bits per heavy atom. The molecule has 0 bridgehead atoms. The Morgan fingerprint density at radius 1 is 1.05 bits per heavy atom. The number of carbonyl (C=O) groups excluding carboxylic acids is 2. The van der Waals surface area contributed by atoms with Crippen molar-refractivity contribution >= 4 is 24.2 Å². The normalized spacial score (nSPS) is 17.6. The van der Waals surface area contributed by atoms with Gasteiger partial charge in [-0.2, -0.15) is 0 Å². The highest BCUT2D eigenvalue weighted by molar-refractivity contribution is 5.76. The van der Waals surface area contributed by atoms with Crippen molar-refractivity contribution in [1.29, 1.82) is 0 Å². The minimum absolute atomic E-state index is 0.0719. The standard InChI is InChI=1S/C11H17NO10/c12-4(10(18)19)1-2-6(14)22-5(3-13)7(15)8(16)9(17)11(20)21/h3-5,7-9,15-17H,1-2,12H2,(H,18,19)(H,20,21)/t4-,5-,7+,8-,9-/m0/s1. The van der Waals surface area contributed by atoms with Gasteiger partial charge in [-0.1, -0.05) is 0 Å². The number of hydrogen-bond donors (Lipinski definition) is 6. The van der Waals surface area contributed by atoms with Gasteiger partial charge in [0.15, 0.2) is 18.5 Å². The maximum atomic E-state index is 11.4. The zero-order valence-corrected chi connectivity index (χ0v) is 11.2. The molecule has 126 valence electrons. The van der Waals surface area contributed by atoms with Crippen LogP contribution in [0.3, 0.4) is 0 Å². The molecule has 0 aliphatic heterocycles. The van der Waals surface area contributed by atoms with Crippen molar-refractivity contribution in [2.24, 2.45) is 5.73 Å². The van der Waals surface area contributed by atoms with Crippen LogP contribution in [0.25, 0.3) is 0 Å². The number of nitrogens with two attached hydrogens (primary N) is 1. The van der Waals surface area contributed by atoms with Crippen molar-refractivity contribution in [3.63, 3.8) is 0 Å². The molecule has 0 spiro atoms. The number of rotatable bonds is 10. The number of ether oxygens (including phenoxy) is 1. The Balaban J connectivity index is 4.58. The SMILES string of the molecule is N[C@@H](CCC(=O)O[C@@H](C=O)[C@@H](O)[C@H](O)[C@H](O)C(=O)O)C(=O)O. The first-order valence-corrected chi connectivity index (χ1v) is 6.02. The molecule has 0 rings (SSSR count). The van der Waals surface area contributed by atoms with Crippen LogP contribution < -0.4 is 5.73 Å². The topological polar surface area (TPSA) is 205 Å². The minimum Gasteiger partial charge on any atom is -0.480 e. The van der Waals surface area contributed by atoms with Gasteiger partial charge in [-0.25, -0.2) is 4.79 Å². The number of hydrogen-bond acceptors (Lipinski definition) is 9. The maximum absolute atomic E-state index is 11.4. The number of aldehydes is 1. The maximum Gasteiger partial charge on any atom is 0.335 e. The number of carbonyl (C=O) groups is 4. The number of esters is 1. The first kappa shape index (κ1) is 19.9. The molecule has 0 fully saturated rings. The van der Waals surface area contributed by atoms with Crippen LogP contribution in [0.2, 0.25) is 0 Å². The summed E-state index contributed by atoms with van der Waals surface area (Å²) in [5.41, 5.74) is 5.14. The first-order valence-electron chi connectivity index (χ1n) is 6.02. The predicted octanol–water partition coefficient (Wildman–Crippen LogP) is -3.54. The third kappa shape index (κ3) is 6.13. The summed E-state index contributed by atoms with van der Waals surface area (Å²) in [6, 6.07) is -1.33. The van der Waals surface area contributed by atoms with Crippen molar-refractivity contribution in [3.8, 4) is 0 Å². The number of carboxylic acid groups (broad SMARTS) is 2. The predicted molar refractivity (Wildman–Crippen MR) is 66.4 cm³/mol. The molecule has 0 aromatic rings. The third-order valence-corrected chi connectivity index (χ3v) is 2.64. The second-order valence-electron chi connectivity index (χ2n) is 4.34. The molecular formula is C11H17NO10. The van der Waals surface area contributed by atoms with Crippen molar-refractivity contribution < 1.29 is 49.4 Å².